The molecule has 2 rings (SSSR count). The van der Waals surface area contributed by atoms with Crippen molar-refractivity contribution in [2.24, 2.45) is 0 Å². The van der Waals surface area contributed by atoms with Crippen LogP contribution in [0.15, 0.2) is 36.5 Å². The van der Waals surface area contributed by atoms with Crippen molar-refractivity contribution in [3.63, 3.8) is 0 Å². The summed E-state index contributed by atoms with van der Waals surface area (Å²) >= 11 is 0. The van der Waals surface area contributed by atoms with E-state index >= 15 is 0 Å². The maximum Gasteiger partial charge on any atom is 0.287 e. The van der Waals surface area contributed by atoms with Crippen LogP contribution in [-0.4, -0.2) is 9.91 Å². The fourth-order valence-corrected chi connectivity index (χ4v) is 1.38. The first-order valence-corrected chi connectivity index (χ1v) is 5.14. The predicted octanol–water partition coefficient (Wildman–Crippen LogP) is 2.67. The van der Waals surface area contributed by atoms with Crippen molar-refractivity contribution in [1.82, 2.24) is 4.98 Å². The Morgan fingerprint density at radius 2 is 1.89 bits per heavy atom. The normalized spacial score (nSPS) is 9.58. The minimum atomic E-state index is -0.764. The van der Waals surface area contributed by atoms with Gasteiger partial charge in [-0.1, -0.05) is 11.8 Å². The molecule has 94 valence electrons. The summed E-state index contributed by atoms with van der Waals surface area (Å²) in [6.45, 7) is 0. The van der Waals surface area contributed by atoms with E-state index in [1.807, 2.05) is 0 Å². The average molecular weight is 260 g/mol. The highest BCUT2D eigenvalue weighted by atomic mass is 19.1. The summed E-state index contributed by atoms with van der Waals surface area (Å²) in [5.41, 5.74) is -0.437. The van der Waals surface area contributed by atoms with Gasteiger partial charge in [-0.3, -0.25) is 10.1 Å². The molecule has 6 heteroatoms. The second kappa shape index (κ2) is 5.23. The summed E-state index contributed by atoms with van der Waals surface area (Å²) in [5.74, 6) is 3.37. The number of aromatic nitrogens is 1. The van der Waals surface area contributed by atoms with Gasteiger partial charge in [0.1, 0.15) is 11.4 Å². The molecule has 19 heavy (non-hydrogen) atoms. The van der Waals surface area contributed by atoms with Crippen LogP contribution in [-0.2, 0) is 0 Å². The zero-order valence-electron chi connectivity index (χ0n) is 9.43. The molecule has 0 spiro atoms. The number of pyridine rings is 1. The molecule has 2 aromatic rings. The van der Waals surface area contributed by atoms with Crippen LogP contribution in [0.2, 0.25) is 0 Å². The topological polar surface area (TPSA) is 56.0 Å². The Balaban J connectivity index is 2.46. The van der Waals surface area contributed by atoms with Gasteiger partial charge in [-0.15, -0.1) is 0 Å². The summed E-state index contributed by atoms with van der Waals surface area (Å²) in [6, 6.07) is 5.88. The van der Waals surface area contributed by atoms with Gasteiger partial charge in [-0.25, -0.2) is 9.37 Å². The lowest BCUT2D eigenvalue weighted by Gasteiger charge is -1.95. The van der Waals surface area contributed by atoms with E-state index in [4.69, 9.17) is 0 Å². The molecule has 4 nitrogen and oxygen atoms in total. The second-order valence-corrected chi connectivity index (χ2v) is 3.51. The van der Waals surface area contributed by atoms with E-state index in [0.717, 1.165) is 12.1 Å². The van der Waals surface area contributed by atoms with E-state index in [9.17, 15) is 18.9 Å². The molecule has 0 atom stereocenters. The Morgan fingerprint density at radius 3 is 2.58 bits per heavy atom. The Kier molecular flexibility index (Phi) is 3.48. The first-order valence-electron chi connectivity index (χ1n) is 5.14. The summed E-state index contributed by atoms with van der Waals surface area (Å²) in [7, 11) is 0. The van der Waals surface area contributed by atoms with Crippen LogP contribution in [0.5, 0.6) is 0 Å². The molecule has 0 unspecified atom stereocenters. The van der Waals surface area contributed by atoms with Crippen molar-refractivity contribution in [1.29, 1.82) is 0 Å². The zero-order valence-corrected chi connectivity index (χ0v) is 9.43. The fraction of sp³-hybridized carbons (Fsp3) is 0. The number of nitro benzene ring substituents is 1. The van der Waals surface area contributed by atoms with Gasteiger partial charge in [-0.05, 0) is 24.3 Å². The van der Waals surface area contributed by atoms with E-state index in [1.54, 1.807) is 0 Å². The molecular formula is C13H6F2N2O2. The lowest BCUT2D eigenvalue weighted by molar-refractivity contribution is -0.385. The Labute approximate surface area is 106 Å². The second-order valence-electron chi connectivity index (χ2n) is 3.51. The molecule has 0 aliphatic rings. The average Bonchev–Trinajstić information content (AvgIpc) is 2.38. The van der Waals surface area contributed by atoms with E-state index in [-0.39, 0.29) is 11.1 Å². The lowest BCUT2D eigenvalue weighted by atomic mass is 10.1. The van der Waals surface area contributed by atoms with E-state index in [1.165, 1.54) is 24.4 Å². The third-order valence-corrected chi connectivity index (χ3v) is 2.25. The maximum atomic E-state index is 13.2. The van der Waals surface area contributed by atoms with Gasteiger partial charge in [0.2, 0.25) is 5.95 Å². The highest BCUT2D eigenvalue weighted by Gasteiger charge is 2.13. The highest BCUT2D eigenvalue weighted by Crippen LogP contribution is 2.18. The van der Waals surface area contributed by atoms with Crippen LogP contribution < -0.4 is 0 Å². The number of hydrogen-bond acceptors (Lipinski definition) is 3. The van der Waals surface area contributed by atoms with Gasteiger partial charge in [-0.2, -0.15) is 4.39 Å². The Hall–Kier alpha value is -2.81. The number of benzene rings is 1. The molecule has 0 aliphatic carbocycles. The van der Waals surface area contributed by atoms with Gasteiger partial charge in [0, 0.05) is 6.20 Å². The number of rotatable bonds is 1. The third-order valence-electron chi connectivity index (χ3n) is 2.25. The summed E-state index contributed by atoms with van der Waals surface area (Å²) < 4.78 is 26.1. The molecule has 1 aromatic carbocycles. The van der Waals surface area contributed by atoms with Gasteiger partial charge >= 0.3 is 0 Å². The smallest absolute Gasteiger partial charge is 0.258 e. The molecular weight excluding hydrogens is 254 g/mol. The molecule has 1 aromatic heterocycles. The lowest BCUT2D eigenvalue weighted by Crippen LogP contribution is -1.93. The standard InChI is InChI=1S/C13H6F2N2O2/c14-11-6-5-9(12(8-11)17(18)19)3-4-10-2-1-7-16-13(10)15/h1-2,5-8H. The Morgan fingerprint density at radius 1 is 1.16 bits per heavy atom. The van der Waals surface area contributed by atoms with Crippen molar-refractivity contribution >= 4 is 5.69 Å². The molecule has 0 N–H and O–H groups in total. The SMILES string of the molecule is O=[N+]([O-])c1cc(F)ccc1C#Cc1cccnc1F. The van der Waals surface area contributed by atoms with E-state index in [2.05, 4.69) is 16.8 Å². The van der Waals surface area contributed by atoms with Crippen LogP contribution >= 0.6 is 0 Å². The highest BCUT2D eigenvalue weighted by molar-refractivity contribution is 5.53. The van der Waals surface area contributed by atoms with Crippen molar-refractivity contribution < 1.29 is 13.7 Å². The van der Waals surface area contributed by atoms with Crippen LogP contribution in [0.3, 0.4) is 0 Å². The largest absolute Gasteiger partial charge is 0.287 e. The molecule has 0 radical (unpaired) electrons. The molecule has 0 saturated heterocycles. The van der Waals surface area contributed by atoms with Crippen LogP contribution in [0, 0.1) is 33.7 Å². The molecule has 0 fully saturated rings. The third kappa shape index (κ3) is 2.90. The van der Waals surface area contributed by atoms with Crippen LogP contribution in [0.25, 0.3) is 0 Å². The summed E-state index contributed by atoms with van der Waals surface area (Å²) in [6.07, 6.45) is 1.26. The van der Waals surface area contributed by atoms with Gasteiger partial charge in [0.25, 0.3) is 5.69 Å². The number of hydrogen-bond donors (Lipinski definition) is 0. The minimum Gasteiger partial charge on any atom is -0.258 e. The molecule has 0 aliphatic heterocycles. The first kappa shape index (κ1) is 12.6. The molecule has 0 saturated carbocycles. The molecule has 0 amide bonds. The number of nitro groups is 1. The van der Waals surface area contributed by atoms with Gasteiger partial charge in [0.05, 0.1) is 16.6 Å². The van der Waals surface area contributed by atoms with Gasteiger partial charge in [0.15, 0.2) is 0 Å². The van der Waals surface area contributed by atoms with Crippen LogP contribution in [0.4, 0.5) is 14.5 Å². The van der Waals surface area contributed by atoms with E-state index < -0.39 is 22.4 Å². The maximum absolute atomic E-state index is 13.2. The summed E-state index contributed by atoms with van der Waals surface area (Å²) in [4.78, 5) is 13.4. The Bertz CT molecular complexity index is 705. The molecule has 0 bridgehead atoms. The number of halogens is 2. The first-order chi connectivity index (χ1) is 9.08. The van der Waals surface area contributed by atoms with Gasteiger partial charge < -0.3 is 0 Å². The van der Waals surface area contributed by atoms with Crippen LogP contribution in [0.1, 0.15) is 11.1 Å². The zero-order chi connectivity index (χ0) is 13.8. The van der Waals surface area contributed by atoms with Crippen molar-refractivity contribution in [3.8, 4) is 11.8 Å². The fourth-order valence-electron chi connectivity index (χ4n) is 1.38. The minimum absolute atomic E-state index is 0.00894. The van der Waals surface area contributed by atoms with Crippen molar-refractivity contribution in [2.45, 2.75) is 0 Å². The monoisotopic (exact) mass is 260 g/mol. The molecule has 1 heterocycles. The predicted molar refractivity (Wildman–Crippen MR) is 63.2 cm³/mol. The summed E-state index contributed by atoms with van der Waals surface area (Å²) in [5, 5.41) is 10.7. The van der Waals surface area contributed by atoms with Crippen molar-refractivity contribution in [2.75, 3.05) is 0 Å². The number of nitrogens with zero attached hydrogens (tertiary/aromatic N) is 2. The van der Waals surface area contributed by atoms with Crippen molar-refractivity contribution in [3.05, 3.63) is 69.5 Å². The van der Waals surface area contributed by atoms with E-state index in [0.29, 0.717) is 0 Å². The quantitative estimate of drug-likeness (QED) is 0.343.